The summed E-state index contributed by atoms with van der Waals surface area (Å²) in [6, 6.07) is 7.71. The highest BCUT2D eigenvalue weighted by atomic mass is 16.7. The standard InChI is InChI=1S/C25H32N2O9/c1-24(2,3)33-13-11-17-15-19(26(29)30)7-9-21(17)35-23(28)36-22-10-8-20(27(31)32)16-18(22)12-14-34-25(4,5)6/h7-10,15-16H,11-14H2,1-6H3. The van der Waals surface area contributed by atoms with E-state index in [4.69, 9.17) is 18.9 Å². The molecule has 36 heavy (non-hydrogen) atoms. The first-order valence-electron chi connectivity index (χ1n) is 11.4. The number of hydrogen-bond donors (Lipinski definition) is 0. The van der Waals surface area contributed by atoms with Crippen LogP contribution in [0.25, 0.3) is 0 Å². The lowest BCUT2D eigenvalue weighted by molar-refractivity contribution is -0.385. The molecule has 0 atom stereocenters. The fraction of sp³-hybridized carbons (Fsp3) is 0.480. The molecule has 0 saturated carbocycles. The molecular formula is C25H32N2O9. The maximum atomic E-state index is 12.6. The fourth-order valence-electron chi connectivity index (χ4n) is 3.08. The molecule has 2 aromatic rings. The van der Waals surface area contributed by atoms with Crippen LogP contribution in [0.4, 0.5) is 16.2 Å². The Labute approximate surface area is 209 Å². The van der Waals surface area contributed by atoms with E-state index in [1.165, 1.54) is 36.4 Å². The number of ether oxygens (including phenoxy) is 4. The lowest BCUT2D eigenvalue weighted by atomic mass is 10.1. The van der Waals surface area contributed by atoms with Crippen LogP contribution in [0, 0.1) is 20.2 Å². The Morgan fingerprint density at radius 2 is 1.08 bits per heavy atom. The average molecular weight is 505 g/mol. The Morgan fingerprint density at radius 1 is 0.722 bits per heavy atom. The second-order valence-corrected chi connectivity index (χ2v) is 9.97. The highest BCUT2D eigenvalue weighted by Gasteiger charge is 2.20. The molecule has 0 amide bonds. The maximum absolute atomic E-state index is 12.6. The van der Waals surface area contributed by atoms with E-state index in [9.17, 15) is 25.0 Å². The molecule has 11 heteroatoms. The Bertz CT molecular complexity index is 1020. The van der Waals surface area contributed by atoms with Gasteiger partial charge in [-0.3, -0.25) is 20.2 Å². The Morgan fingerprint density at radius 3 is 1.39 bits per heavy atom. The van der Waals surface area contributed by atoms with E-state index in [0.29, 0.717) is 11.1 Å². The van der Waals surface area contributed by atoms with Crippen molar-refractivity contribution in [1.29, 1.82) is 0 Å². The smallest absolute Gasteiger partial charge is 0.394 e. The Hall–Kier alpha value is -3.57. The molecule has 0 aromatic heterocycles. The second-order valence-electron chi connectivity index (χ2n) is 9.97. The first kappa shape index (κ1) is 28.7. The van der Waals surface area contributed by atoms with Crippen LogP contribution in [0.15, 0.2) is 36.4 Å². The number of nitro benzene ring substituents is 2. The number of carbonyl (C=O) groups is 1. The molecule has 0 fully saturated rings. The number of non-ortho nitro benzene ring substituents is 2. The number of nitrogens with zero attached hydrogens (tertiary/aromatic N) is 2. The van der Waals surface area contributed by atoms with Gasteiger partial charge >= 0.3 is 6.16 Å². The maximum Gasteiger partial charge on any atom is 0.519 e. The minimum absolute atomic E-state index is 0.0858. The Kier molecular flexibility index (Phi) is 9.48. The highest BCUT2D eigenvalue weighted by Crippen LogP contribution is 2.28. The lowest BCUT2D eigenvalue weighted by Gasteiger charge is -2.20. The third-order valence-electron chi connectivity index (χ3n) is 4.71. The zero-order chi connectivity index (χ0) is 27.1. The van der Waals surface area contributed by atoms with Gasteiger partial charge in [-0.2, -0.15) is 0 Å². The SMILES string of the molecule is CC(C)(C)OCCc1cc([N+](=O)[O-])ccc1OC(=O)Oc1ccc([N+](=O)[O-])cc1CCOC(C)(C)C. The predicted molar refractivity (Wildman–Crippen MR) is 132 cm³/mol. The van der Waals surface area contributed by atoms with E-state index in [0.717, 1.165) is 0 Å². The van der Waals surface area contributed by atoms with Gasteiger partial charge in [0.05, 0.1) is 34.3 Å². The minimum Gasteiger partial charge on any atom is -0.394 e. The van der Waals surface area contributed by atoms with Gasteiger partial charge < -0.3 is 18.9 Å². The zero-order valence-electron chi connectivity index (χ0n) is 21.4. The van der Waals surface area contributed by atoms with Crippen molar-refractivity contribution in [2.45, 2.75) is 65.6 Å². The van der Waals surface area contributed by atoms with Crippen molar-refractivity contribution in [3.63, 3.8) is 0 Å². The highest BCUT2D eigenvalue weighted by molar-refractivity contribution is 5.69. The van der Waals surface area contributed by atoms with E-state index in [2.05, 4.69) is 0 Å². The topological polar surface area (TPSA) is 140 Å². The van der Waals surface area contributed by atoms with Gasteiger partial charge in [-0.15, -0.1) is 0 Å². The Balaban J connectivity index is 2.22. The summed E-state index contributed by atoms with van der Waals surface area (Å²) in [7, 11) is 0. The molecule has 0 saturated heterocycles. The van der Waals surface area contributed by atoms with Crippen LogP contribution < -0.4 is 9.47 Å². The van der Waals surface area contributed by atoms with Crippen LogP contribution in [0.5, 0.6) is 11.5 Å². The third kappa shape index (κ3) is 9.59. The third-order valence-corrected chi connectivity index (χ3v) is 4.71. The van der Waals surface area contributed by atoms with Gasteiger partial charge in [0, 0.05) is 35.4 Å². The monoisotopic (exact) mass is 504 g/mol. The van der Waals surface area contributed by atoms with Crippen molar-refractivity contribution >= 4 is 17.5 Å². The van der Waals surface area contributed by atoms with Crippen LogP contribution in [0.1, 0.15) is 52.7 Å². The molecule has 2 aromatic carbocycles. The number of nitro groups is 2. The molecule has 0 bridgehead atoms. The van der Waals surface area contributed by atoms with Gasteiger partial charge in [0.2, 0.25) is 0 Å². The van der Waals surface area contributed by atoms with E-state index in [1.54, 1.807) is 0 Å². The van der Waals surface area contributed by atoms with Crippen molar-refractivity contribution in [2.24, 2.45) is 0 Å². The molecule has 0 N–H and O–H groups in total. The summed E-state index contributed by atoms with van der Waals surface area (Å²) in [6.45, 7) is 11.8. The van der Waals surface area contributed by atoms with Gasteiger partial charge in [0.1, 0.15) is 11.5 Å². The molecule has 11 nitrogen and oxygen atoms in total. The summed E-state index contributed by atoms with van der Waals surface area (Å²) >= 11 is 0. The molecule has 0 aliphatic carbocycles. The van der Waals surface area contributed by atoms with E-state index >= 15 is 0 Å². The largest absolute Gasteiger partial charge is 0.519 e. The summed E-state index contributed by atoms with van der Waals surface area (Å²) in [6.07, 6.45) is -0.572. The molecule has 0 aliphatic heterocycles. The van der Waals surface area contributed by atoms with E-state index in [-0.39, 0.29) is 48.9 Å². The first-order valence-corrected chi connectivity index (χ1v) is 11.4. The minimum atomic E-state index is -1.09. The molecule has 0 aliphatic rings. The average Bonchev–Trinajstić information content (AvgIpc) is 2.73. The predicted octanol–water partition coefficient (Wildman–Crippen LogP) is 5.80. The summed E-state index contributed by atoms with van der Waals surface area (Å²) in [5.74, 6) is 0.172. The van der Waals surface area contributed by atoms with Crippen LogP contribution in [-0.4, -0.2) is 40.4 Å². The molecular weight excluding hydrogens is 472 g/mol. The van der Waals surface area contributed by atoms with Gasteiger partial charge in [-0.05, 0) is 66.5 Å². The summed E-state index contributed by atoms with van der Waals surface area (Å²) in [4.78, 5) is 33.9. The van der Waals surface area contributed by atoms with Crippen molar-refractivity contribution in [1.82, 2.24) is 0 Å². The summed E-state index contributed by atoms with van der Waals surface area (Å²) in [5.41, 5.74) is -0.343. The van der Waals surface area contributed by atoms with Crippen LogP contribution in [-0.2, 0) is 22.3 Å². The fourth-order valence-corrected chi connectivity index (χ4v) is 3.08. The molecule has 0 radical (unpaired) electrons. The summed E-state index contributed by atoms with van der Waals surface area (Å²) in [5, 5.41) is 22.4. The normalized spacial score (nSPS) is 11.7. The van der Waals surface area contributed by atoms with Gasteiger partial charge in [0.25, 0.3) is 11.4 Å². The number of hydrogen-bond acceptors (Lipinski definition) is 9. The number of carbonyl (C=O) groups excluding carboxylic acids is 1. The quantitative estimate of drug-likeness (QED) is 0.170. The first-order chi connectivity index (χ1) is 16.6. The van der Waals surface area contributed by atoms with Crippen molar-refractivity contribution < 1.29 is 33.6 Å². The van der Waals surface area contributed by atoms with Crippen molar-refractivity contribution in [3.8, 4) is 11.5 Å². The summed E-state index contributed by atoms with van der Waals surface area (Å²) < 4.78 is 22.1. The van der Waals surface area contributed by atoms with Crippen molar-refractivity contribution in [3.05, 3.63) is 67.8 Å². The second kappa shape index (κ2) is 11.9. The molecule has 0 heterocycles. The number of benzene rings is 2. The molecule has 196 valence electrons. The molecule has 2 rings (SSSR count). The van der Waals surface area contributed by atoms with Crippen LogP contribution in [0.3, 0.4) is 0 Å². The van der Waals surface area contributed by atoms with Crippen molar-refractivity contribution in [2.75, 3.05) is 13.2 Å². The zero-order valence-corrected chi connectivity index (χ0v) is 21.4. The van der Waals surface area contributed by atoms with Crippen LogP contribution >= 0.6 is 0 Å². The number of rotatable bonds is 10. The van der Waals surface area contributed by atoms with E-state index < -0.39 is 27.2 Å². The van der Waals surface area contributed by atoms with Gasteiger partial charge in [0.15, 0.2) is 0 Å². The molecule has 0 spiro atoms. The lowest BCUT2D eigenvalue weighted by Crippen LogP contribution is -2.21. The van der Waals surface area contributed by atoms with Gasteiger partial charge in [-0.1, -0.05) is 0 Å². The van der Waals surface area contributed by atoms with E-state index in [1.807, 2.05) is 41.5 Å². The van der Waals surface area contributed by atoms with Crippen LogP contribution in [0.2, 0.25) is 0 Å². The van der Waals surface area contributed by atoms with Gasteiger partial charge in [-0.25, -0.2) is 4.79 Å². The molecule has 0 unspecified atom stereocenters.